The van der Waals surface area contributed by atoms with Crippen molar-refractivity contribution in [2.24, 2.45) is 0 Å². The minimum absolute atomic E-state index is 0.0324. The summed E-state index contributed by atoms with van der Waals surface area (Å²) in [5.74, 6) is -1.47. The first kappa shape index (κ1) is 20.5. The summed E-state index contributed by atoms with van der Waals surface area (Å²) < 4.78 is 4.91. The molecule has 27 heavy (non-hydrogen) atoms. The zero-order valence-corrected chi connectivity index (χ0v) is 16.3. The van der Waals surface area contributed by atoms with Gasteiger partial charge in [0.1, 0.15) is 0 Å². The van der Waals surface area contributed by atoms with E-state index in [2.05, 4.69) is 5.32 Å². The fourth-order valence-corrected chi connectivity index (χ4v) is 3.50. The summed E-state index contributed by atoms with van der Waals surface area (Å²) in [5.41, 5.74) is 1.37. The minimum atomic E-state index is -0.622. The molecule has 1 aromatic carbocycles. The number of carbonyl (C=O) groups is 4. The predicted octanol–water partition coefficient (Wildman–Crippen LogP) is 3.71. The van der Waals surface area contributed by atoms with E-state index in [1.807, 2.05) is 19.9 Å². The van der Waals surface area contributed by atoms with Crippen molar-refractivity contribution >= 4 is 40.5 Å². The number of Topliss-reactive ketones (excluding diaryl/α,β-unsaturated/α-hetero) is 2. The van der Waals surface area contributed by atoms with Gasteiger partial charge in [0.15, 0.2) is 18.2 Å². The number of ether oxygens (including phenoxy) is 1. The van der Waals surface area contributed by atoms with Crippen molar-refractivity contribution in [3.05, 3.63) is 51.2 Å². The van der Waals surface area contributed by atoms with Crippen LogP contribution in [0.1, 0.15) is 50.2 Å². The number of thiophene rings is 1. The molecular weight excluding hydrogens is 366 g/mol. The van der Waals surface area contributed by atoms with Gasteiger partial charge in [0.05, 0.1) is 12.1 Å². The Morgan fingerprint density at radius 3 is 2.37 bits per heavy atom. The fraction of sp³-hybridized carbons (Fsp3) is 0.300. The molecule has 0 radical (unpaired) electrons. The molecule has 2 aromatic rings. The van der Waals surface area contributed by atoms with E-state index in [0.29, 0.717) is 16.8 Å². The van der Waals surface area contributed by atoms with Gasteiger partial charge < -0.3 is 10.1 Å². The topological polar surface area (TPSA) is 89.5 Å². The van der Waals surface area contributed by atoms with Gasteiger partial charge in [-0.2, -0.15) is 0 Å². The van der Waals surface area contributed by atoms with Crippen molar-refractivity contribution in [3.8, 4) is 0 Å². The lowest BCUT2D eigenvalue weighted by molar-refractivity contribution is -0.147. The third-order valence-corrected chi connectivity index (χ3v) is 4.81. The van der Waals surface area contributed by atoms with Crippen molar-refractivity contribution in [2.45, 2.75) is 33.6 Å². The Hall–Kier alpha value is -2.80. The number of benzene rings is 1. The molecule has 0 aliphatic rings. The van der Waals surface area contributed by atoms with Crippen LogP contribution >= 0.6 is 11.3 Å². The summed E-state index contributed by atoms with van der Waals surface area (Å²) in [6.45, 7) is 4.71. The Morgan fingerprint density at radius 1 is 1.04 bits per heavy atom. The zero-order chi connectivity index (χ0) is 20.0. The molecule has 1 amide bonds. The van der Waals surface area contributed by atoms with Crippen LogP contribution in [-0.2, 0) is 14.3 Å². The van der Waals surface area contributed by atoms with E-state index in [1.54, 1.807) is 24.3 Å². The maximum Gasteiger partial charge on any atom is 0.306 e. The van der Waals surface area contributed by atoms with Gasteiger partial charge in [0, 0.05) is 27.3 Å². The molecule has 6 nitrogen and oxygen atoms in total. The number of carbonyl (C=O) groups excluding carboxylic acids is 4. The second kappa shape index (κ2) is 9.23. The zero-order valence-electron chi connectivity index (χ0n) is 15.5. The lowest BCUT2D eigenvalue weighted by atomic mass is 10.1. The number of hydrogen-bond acceptors (Lipinski definition) is 6. The quantitative estimate of drug-likeness (QED) is 0.551. The van der Waals surface area contributed by atoms with E-state index in [9.17, 15) is 19.2 Å². The predicted molar refractivity (Wildman–Crippen MR) is 103 cm³/mol. The molecule has 1 aromatic heterocycles. The summed E-state index contributed by atoms with van der Waals surface area (Å²) in [6, 6.07) is 8.39. The third kappa shape index (κ3) is 5.86. The molecule has 0 spiro atoms. The van der Waals surface area contributed by atoms with Crippen molar-refractivity contribution in [3.63, 3.8) is 0 Å². The number of para-hydroxylation sites is 1. The first-order chi connectivity index (χ1) is 12.8. The van der Waals surface area contributed by atoms with Crippen LogP contribution in [0.2, 0.25) is 0 Å². The molecule has 2 rings (SSSR count). The summed E-state index contributed by atoms with van der Waals surface area (Å²) in [6.07, 6.45) is -0.0604. The highest BCUT2D eigenvalue weighted by atomic mass is 32.1. The first-order valence-electron chi connectivity index (χ1n) is 8.43. The Bertz CT molecular complexity index is 884. The first-order valence-corrected chi connectivity index (χ1v) is 9.25. The molecule has 142 valence electrons. The fourth-order valence-electron chi connectivity index (χ4n) is 2.56. The SMILES string of the molecule is CC(=O)c1ccccc1NC(=O)COC(=O)CCC(=O)c1cc(C)sc1C. The maximum atomic E-state index is 12.2. The Balaban J connectivity index is 1.80. The summed E-state index contributed by atoms with van der Waals surface area (Å²) in [5, 5.41) is 2.55. The van der Waals surface area contributed by atoms with E-state index in [1.165, 1.54) is 18.3 Å². The number of esters is 1. The monoisotopic (exact) mass is 387 g/mol. The van der Waals surface area contributed by atoms with E-state index in [-0.39, 0.29) is 24.4 Å². The summed E-state index contributed by atoms with van der Waals surface area (Å²) >= 11 is 1.54. The number of nitrogens with one attached hydrogen (secondary N) is 1. The van der Waals surface area contributed by atoms with Gasteiger partial charge in [-0.15, -0.1) is 11.3 Å². The van der Waals surface area contributed by atoms with Crippen molar-refractivity contribution in [2.75, 3.05) is 11.9 Å². The molecule has 1 N–H and O–H groups in total. The maximum absolute atomic E-state index is 12.2. The number of rotatable bonds is 8. The molecule has 7 heteroatoms. The van der Waals surface area contributed by atoms with Gasteiger partial charge in [0.25, 0.3) is 5.91 Å². The number of amides is 1. The van der Waals surface area contributed by atoms with Crippen LogP contribution in [0.15, 0.2) is 30.3 Å². The molecule has 1 heterocycles. The highest BCUT2D eigenvalue weighted by Crippen LogP contribution is 2.22. The smallest absolute Gasteiger partial charge is 0.306 e. The molecule has 0 bridgehead atoms. The standard InChI is InChI=1S/C20H21NO5S/c1-12-10-16(14(3)27-12)18(23)8-9-20(25)26-11-19(24)21-17-7-5-4-6-15(17)13(2)22/h4-7,10H,8-9,11H2,1-3H3,(H,21,24). The van der Waals surface area contributed by atoms with E-state index in [4.69, 9.17) is 4.74 Å². The second-order valence-corrected chi connectivity index (χ2v) is 7.52. The number of ketones is 2. The number of anilines is 1. The number of aryl methyl sites for hydroxylation is 2. The van der Waals surface area contributed by atoms with Gasteiger partial charge >= 0.3 is 5.97 Å². The van der Waals surface area contributed by atoms with Gasteiger partial charge in [-0.25, -0.2) is 0 Å². The molecule has 0 saturated carbocycles. The Morgan fingerprint density at radius 2 is 1.74 bits per heavy atom. The lowest BCUT2D eigenvalue weighted by Crippen LogP contribution is -2.22. The summed E-state index contributed by atoms with van der Waals surface area (Å²) in [4.78, 5) is 49.4. The van der Waals surface area contributed by atoms with E-state index >= 15 is 0 Å². The van der Waals surface area contributed by atoms with Crippen molar-refractivity contribution < 1.29 is 23.9 Å². The molecule has 0 aliphatic carbocycles. The van der Waals surface area contributed by atoms with Gasteiger partial charge in [-0.3, -0.25) is 19.2 Å². The van der Waals surface area contributed by atoms with Crippen LogP contribution in [0.25, 0.3) is 0 Å². The largest absolute Gasteiger partial charge is 0.456 e. The normalized spacial score (nSPS) is 10.3. The number of hydrogen-bond donors (Lipinski definition) is 1. The van der Waals surface area contributed by atoms with Crippen LogP contribution in [0, 0.1) is 13.8 Å². The summed E-state index contributed by atoms with van der Waals surface area (Å²) in [7, 11) is 0. The van der Waals surface area contributed by atoms with Crippen LogP contribution in [0.3, 0.4) is 0 Å². The van der Waals surface area contributed by atoms with Crippen LogP contribution < -0.4 is 5.32 Å². The van der Waals surface area contributed by atoms with Gasteiger partial charge in [-0.05, 0) is 39.0 Å². The molecule has 0 unspecified atom stereocenters. The van der Waals surface area contributed by atoms with Gasteiger partial charge in [0.2, 0.25) is 0 Å². The minimum Gasteiger partial charge on any atom is -0.456 e. The van der Waals surface area contributed by atoms with E-state index in [0.717, 1.165) is 9.75 Å². The van der Waals surface area contributed by atoms with Gasteiger partial charge in [-0.1, -0.05) is 12.1 Å². The molecule has 0 aliphatic heterocycles. The van der Waals surface area contributed by atoms with E-state index < -0.39 is 18.5 Å². The Kier molecular flexibility index (Phi) is 7.01. The van der Waals surface area contributed by atoms with Crippen LogP contribution in [0.5, 0.6) is 0 Å². The highest BCUT2D eigenvalue weighted by Gasteiger charge is 2.16. The average molecular weight is 387 g/mol. The van der Waals surface area contributed by atoms with Crippen molar-refractivity contribution in [1.29, 1.82) is 0 Å². The van der Waals surface area contributed by atoms with Crippen molar-refractivity contribution in [1.82, 2.24) is 0 Å². The average Bonchev–Trinajstić information content (AvgIpc) is 2.96. The third-order valence-electron chi connectivity index (χ3n) is 3.84. The van der Waals surface area contributed by atoms with Crippen LogP contribution in [-0.4, -0.2) is 30.0 Å². The molecule has 0 atom stereocenters. The molecule has 0 saturated heterocycles. The highest BCUT2D eigenvalue weighted by molar-refractivity contribution is 7.12. The molecular formula is C20H21NO5S. The lowest BCUT2D eigenvalue weighted by Gasteiger charge is -2.09. The molecule has 0 fully saturated rings. The second-order valence-electron chi connectivity index (χ2n) is 6.06. The van der Waals surface area contributed by atoms with Crippen LogP contribution in [0.4, 0.5) is 5.69 Å². The Labute approximate surface area is 161 Å².